The van der Waals surface area contributed by atoms with Gasteiger partial charge in [0.25, 0.3) is 0 Å². The van der Waals surface area contributed by atoms with Gasteiger partial charge in [-0.15, -0.1) is 0 Å². The smallest absolute Gasteiger partial charge is 0.119 e. The molecule has 0 saturated carbocycles. The fourth-order valence-corrected chi connectivity index (χ4v) is 1.66. The van der Waals surface area contributed by atoms with E-state index in [9.17, 15) is 0 Å². The Morgan fingerprint density at radius 1 is 1.00 bits per heavy atom. The molecule has 0 aliphatic carbocycles. The molecule has 1 aromatic carbocycles. The number of benzene rings is 1. The third-order valence-corrected chi connectivity index (χ3v) is 2.87. The third kappa shape index (κ3) is 6.35. The predicted octanol–water partition coefficient (Wildman–Crippen LogP) is 4.70. The molecule has 0 fully saturated rings. The van der Waals surface area contributed by atoms with Crippen LogP contribution in [0.15, 0.2) is 24.3 Å². The second-order valence-electron chi connectivity index (χ2n) is 5.61. The summed E-state index contributed by atoms with van der Waals surface area (Å²) < 4.78 is 5.76. The Morgan fingerprint density at radius 2 is 1.71 bits per heavy atom. The van der Waals surface area contributed by atoms with E-state index in [0.717, 1.165) is 31.1 Å². The SMILES string of the molecule is CC(C)CCOc1cccc(CCC(C)C)c1. The number of aryl methyl sites for hydroxylation is 1. The quantitative estimate of drug-likeness (QED) is 0.664. The number of hydrogen-bond acceptors (Lipinski definition) is 1. The zero-order valence-corrected chi connectivity index (χ0v) is 11.7. The topological polar surface area (TPSA) is 9.23 Å². The first kappa shape index (κ1) is 14.1. The van der Waals surface area contributed by atoms with E-state index in [1.54, 1.807) is 0 Å². The van der Waals surface area contributed by atoms with Crippen molar-refractivity contribution in [3.8, 4) is 5.75 Å². The molecule has 0 aliphatic heterocycles. The van der Waals surface area contributed by atoms with Gasteiger partial charge in [-0.2, -0.15) is 0 Å². The Hall–Kier alpha value is -0.980. The molecule has 0 aliphatic rings. The fraction of sp³-hybridized carbons (Fsp3) is 0.625. The van der Waals surface area contributed by atoms with E-state index in [1.807, 2.05) is 0 Å². The highest BCUT2D eigenvalue weighted by Gasteiger charge is 2.00. The zero-order chi connectivity index (χ0) is 12.7. The summed E-state index contributed by atoms with van der Waals surface area (Å²) in [6.45, 7) is 9.81. The summed E-state index contributed by atoms with van der Waals surface area (Å²) in [6, 6.07) is 8.53. The van der Waals surface area contributed by atoms with Gasteiger partial charge in [0.15, 0.2) is 0 Å². The Morgan fingerprint density at radius 3 is 2.35 bits per heavy atom. The van der Waals surface area contributed by atoms with E-state index in [4.69, 9.17) is 4.74 Å². The Balaban J connectivity index is 2.42. The third-order valence-electron chi connectivity index (χ3n) is 2.87. The molecule has 0 aromatic heterocycles. The van der Waals surface area contributed by atoms with Crippen LogP contribution in [0, 0.1) is 11.8 Å². The van der Waals surface area contributed by atoms with Crippen molar-refractivity contribution in [1.29, 1.82) is 0 Å². The van der Waals surface area contributed by atoms with Gasteiger partial charge in [0, 0.05) is 0 Å². The molecule has 0 amide bonds. The van der Waals surface area contributed by atoms with Crippen LogP contribution in [0.2, 0.25) is 0 Å². The van der Waals surface area contributed by atoms with Crippen molar-refractivity contribution in [2.45, 2.75) is 47.0 Å². The van der Waals surface area contributed by atoms with Crippen LogP contribution in [0.5, 0.6) is 5.75 Å². The van der Waals surface area contributed by atoms with E-state index >= 15 is 0 Å². The Kier molecular flexibility index (Phi) is 6.10. The van der Waals surface area contributed by atoms with Gasteiger partial charge in [-0.3, -0.25) is 0 Å². The van der Waals surface area contributed by atoms with Crippen LogP contribution in [0.25, 0.3) is 0 Å². The first-order valence-corrected chi connectivity index (χ1v) is 6.79. The second-order valence-corrected chi connectivity index (χ2v) is 5.61. The first-order chi connectivity index (χ1) is 8.08. The molecule has 0 spiro atoms. The normalized spacial score (nSPS) is 11.2. The van der Waals surface area contributed by atoms with Crippen LogP contribution in [-0.2, 0) is 6.42 Å². The lowest BCUT2D eigenvalue weighted by Gasteiger charge is -2.10. The van der Waals surface area contributed by atoms with Crippen LogP contribution in [0.4, 0.5) is 0 Å². The molecule has 1 rings (SSSR count). The minimum atomic E-state index is 0.708. The lowest BCUT2D eigenvalue weighted by atomic mass is 10.0. The molecule has 0 unspecified atom stereocenters. The molecule has 96 valence electrons. The highest BCUT2D eigenvalue weighted by molar-refractivity contribution is 5.28. The molecule has 1 nitrogen and oxygen atoms in total. The Labute approximate surface area is 106 Å². The molecule has 0 saturated heterocycles. The van der Waals surface area contributed by atoms with Crippen molar-refractivity contribution in [2.24, 2.45) is 11.8 Å². The molecule has 0 N–H and O–H groups in total. The molecule has 0 atom stereocenters. The van der Waals surface area contributed by atoms with Gasteiger partial charge in [0.1, 0.15) is 5.75 Å². The van der Waals surface area contributed by atoms with E-state index in [0.29, 0.717) is 5.92 Å². The summed E-state index contributed by atoms with van der Waals surface area (Å²) in [4.78, 5) is 0. The summed E-state index contributed by atoms with van der Waals surface area (Å²) in [5, 5.41) is 0. The minimum Gasteiger partial charge on any atom is -0.494 e. The maximum atomic E-state index is 5.76. The molecule has 17 heavy (non-hydrogen) atoms. The van der Waals surface area contributed by atoms with Gasteiger partial charge < -0.3 is 4.74 Å². The van der Waals surface area contributed by atoms with Crippen molar-refractivity contribution < 1.29 is 4.74 Å². The fourth-order valence-electron chi connectivity index (χ4n) is 1.66. The minimum absolute atomic E-state index is 0.708. The van der Waals surface area contributed by atoms with E-state index in [2.05, 4.69) is 52.0 Å². The van der Waals surface area contributed by atoms with Crippen molar-refractivity contribution in [3.05, 3.63) is 29.8 Å². The predicted molar refractivity (Wildman–Crippen MR) is 74.6 cm³/mol. The average Bonchev–Trinajstić information content (AvgIpc) is 2.26. The standard InChI is InChI=1S/C16H26O/c1-13(2)8-9-15-6-5-7-16(12-15)17-11-10-14(3)4/h5-7,12-14H,8-11H2,1-4H3. The van der Waals surface area contributed by atoms with Gasteiger partial charge in [-0.1, -0.05) is 39.8 Å². The van der Waals surface area contributed by atoms with E-state index in [-0.39, 0.29) is 0 Å². The lowest BCUT2D eigenvalue weighted by molar-refractivity contribution is 0.289. The highest BCUT2D eigenvalue weighted by atomic mass is 16.5. The van der Waals surface area contributed by atoms with Crippen LogP contribution in [-0.4, -0.2) is 6.61 Å². The van der Waals surface area contributed by atoms with Crippen LogP contribution >= 0.6 is 0 Å². The highest BCUT2D eigenvalue weighted by Crippen LogP contribution is 2.17. The molecule has 0 bridgehead atoms. The molecule has 1 heteroatoms. The van der Waals surface area contributed by atoms with Crippen LogP contribution < -0.4 is 4.74 Å². The van der Waals surface area contributed by atoms with Crippen LogP contribution in [0.3, 0.4) is 0 Å². The molecule has 0 heterocycles. The van der Waals surface area contributed by atoms with Crippen molar-refractivity contribution >= 4 is 0 Å². The van der Waals surface area contributed by atoms with Crippen LogP contribution in [0.1, 0.15) is 46.1 Å². The Bertz CT molecular complexity index is 315. The van der Waals surface area contributed by atoms with Gasteiger partial charge in [0.05, 0.1) is 6.61 Å². The number of rotatable bonds is 7. The summed E-state index contributed by atoms with van der Waals surface area (Å²) in [7, 11) is 0. The monoisotopic (exact) mass is 234 g/mol. The molecule has 0 radical (unpaired) electrons. The molecular weight excluding hydrogens is 208 g/mol. The summed E-state index contributed by atoms with van der Waals surface area (Å²) in [6.07, 6.45) is 3.52. The largest absolute Gasteiger partial charge is 0.494 e. The maximum absolute atomic E-state index is 5.76. The lowest BCUT2D eigenvalue weighted by Crippen LogP contribution is -2.01. The van der Waals surface area contributed by atoms with Gasteiger partial charge in [0.2, 0.25) is 0 Å². The van der Waals surface area contributed by atoms with Gasteiger partial charge in [-0.25, -0.2) is 0 Å². The maximum Gasteiger partial charge on any atom is 0.119 e. The van der Waals surface area contributed by atoms with E-state index < -0.39 is 0 Å². The second kappa shape index (κ2) is 7.37. The zero-order valence-electron chi connectivity index (χ0n) is 11.7. The van der Waals surface area contributed by atoms with Crippen molar-refractivity contribution in [1.82, 2.24) is 0 Å². The summed E-state index contributed by atoms with van der Waals surface area (Å²) >= 11 is 0. The number of ether oxygens (including phenoxy) is 1. The molecular formula is C16H26O. The summed E-state index contributed by atoms with van der Waals surface area (Å²) in [5.74, 6) is 2.49. The van der Waals surface area contributed by atoms with Crippen molar-refractivity contribution in [3.63, 3.8) is 0 Å². The first-order valence-electron chi connectivity index (χ1n) is 6.79. The summed E-state index contributed by atoms with van der Waals surface area (Å²) in [5.41, 5.74) is 1.39. The molecule has 1 aromatic rings. The van der Waals surface area contributed by atoms with E-state index in [1.165, 1.54) is 12.0 Å². The van der Waals surface area contributed by atoms with Gasteiger partial charge >= 0.3 is 0 Å². The van der Waals surface area contributed by atoms with Crippen molar-refractivity contribution in [2.75, 3.05) is 6.61 Å². The van der Waals surface area contributed by atoms with Gasteiger partial charge in [-0.05, 0) is 48.8 Å². The average molecular weight is 234 g/mol. The number of hydrogen-bond donors (Lipinski definition) is 0.